The van der Waals surface area contributed by atoms with Crippen LogP contribution in [-0.2, 0) is 15.8 Å². The Hall–Kier alpha value is -1.30. The fraction of sp³-hybridized carbons (Fsp3) is 0.652. The highest BCUT2D eigenvalue weighted by Crippen LogP contribution is 2.42. The van der Waals surface area contributed by atoms with Crippen molar-refractivity contribution in [1.29, 1.82) is 0 Å². The molecule has 0 aliphatic carbocycles. The molecule has 1 rings (SSSR count). The summed E-state index contributed by atoms with van der Waals surface area (Å²) in [6.45, 7) is 17.7. The molecular formula is C23H40O4Si. The molecule has 0 atom stereocenters. The minimum Gasteiger partial charge on any atom is -0.493 e. The van der Waals surface area contributed by atoms with Crippen molar-refractivity contribution in [2.75, 3.05) is 27.4 Å². The monoisotopic (exact) mass is 408 g/mol. The third-order valence-corrected chi connectivity index (χ3v) is 11.7. The Labute approximate surface area is 173 Å². The second-order valence-corrected chi connectivity index (χ2v) is 13.7. The zero-order valence-electron chi connectivity index (χ0n) is 19.3. The number of hydrogen-bond acceptors (Lipinski definition) is 4. The van der Waals surface area contributed by atoms with Crippen LogP contribution in [-0.4, -0.2) is 35.8 Å². The van der Waals surface area contributed by atoms with E-state index in [9.17, 15) is 0 Å². The molecule has 0 aliphatic rings. The van der Waals surface area contributed by atoms with Gasteiger partial charge in [0.25, 0.3) is 0 Å². The molecule has 0 saturated carbocycles. The van der Waals surface area contributed by atoms with E-state index in [2.05, 4.69) is 54.5 Å². The standard InChI is InChI=1S/C23H40O4Si/c1-10-20(16-27-28(17(2)3,18(4)5)19(6)7)14-26-15-21-11-12-22(24-8)23(13-21)25-9/h10-13,17-19H,14-16H2,1-9H3/b20-10+. The van der Waals surface area contributed by atoms with E-state index in [0.717, 1.165) is 17.1 Å². The van der Waals surface area contributed by atoms with Crippen LogP contribution in [0.4, 0.5) is 0 Å². The third-order valence-electron chi connectivity index (χ3n) is 5.63. The summed E-state index contributed by atoms with van der Waals surface area (Å²) in [4.78, 5) is 0. The predicted octanol–water partition coefficient (Wildman–Crippen LogP) is 6.36. The van der Waals surface area contributed by atoms with Gasteiger partial charge in [-0.25, -0.2) is 0 Å². The summed E-state index contributed by atoms with van der Waals surface area (Å²) in [5, 5.41) is 0. The lowest BCUT2D eigenvalue weighted by atomic mass is 10.2. The van der Waals surface area contributed by atoms with Crippen molar-refractivity contribution in [3.63, 3.8) is 0 Å². The van der Waals surface area contributed by atoms with Crippen LogP contribution in [0.1, 0.15) is 54.0 Å². The summed E-state index contributed by atoms with van der Waals surface area (Å²) >= 11 is 0. The van der Waals surface area contributed by atoms with Gasteiger partial charge in [-0.05, 0) is 46.8 Å². The Morgan fingerprint density at radius 2 is 1.46 bits per heavy atom. The van der Waals surface area contributed by atoms with E-state index in [-0.39, 0.29) is 0 Å². The molecule has 4 nitrogen and oxygen atoms in total. The average molecular weight is 409 g/mol. The lowest BCUT2D eigenvalue weighted by molar-refractivity contribution is 0.133. The SMILES string of the molecule is C/C=C(\COCc1ccc(OC)c(OC)c1)CO[Si](C(C)C)(C(C)C)C(C)C. The van der Waals surface area contributed by atoms with Crippen LogP contribution in [0.25, 0.3) is 0 Å². The summed E-state index contributed by atoms with van der Waals surface area (Å²) in [6.07, 6.45) is 2.12. The Balaban J connectivity index is 2.69. The maximum absolute atomic E-state index is 6.69. The lowest BCUT2D eigenvalue weighted by Gasteiger charge is -2.42. The van der Waals surface area contributed by atoms with Gasteiger partial charge < -0.3 is 18.6 Å². The minimum absolute atomic E-state index is 0.527. The predicted molar refractivity (Wildman–Crippen MR) is 120 cm³/mol. The summed E-state index contributed by atoms with van der Waals surface area (Å²) in [7, 11) is 1.43. The van der Waals surface area contributed by atoms with Crippen LogP contribution in [0, 0.1) is 0 Å². The van der Waals surface area contributed by atoms with Gasteiger partial charge in [-0.2, -0.15) is 0 Å². The molecular weight excluding hydrogens is 368 g/mol. The smallest absolute Gasteiger partial charge is 0.200 e. The normalized spacial score (nSPS) is 12.9. The summed E-state index contributed by atoms with van der Waals surface area (Å²) in [5.41, 5.74) is 4.00. The molecule has 1 aromatic rings. The third kappa shape index (κ3) is 6.10. The van der Waals surface area contributed by atoms with Crippen molar-refractivity contribution in [2.24, 2.45) is 0 Å². The Morgan fingerprint density at radius 1 is 0.893 bits per heavy atom. The van der Waals surface area contributed by atoms with Gasteiger partial charge in [0, 0.05) is 0 Å². The molecule has 0 radical (unpaired) electrons. The maximum atomic E-state index is 6.69. The molecule has 160 valence electrons. The summed E-state index contributed by atoms with van der Waals surface area (Å²) in [6, 6.07) is 5.87. The van der Waals surface area contributed by atoms with E-state index in [1.54, 1.807) is 14.2 Å². The van der Waals surface area contributed by atoms with E-state index >= 15 is 0 Å². The highest BCUT2D eigenvalue weighted by Gasteiger charge is 2.45. The molecule has 0 N–H and O–H groups in total. The van der Waals surface area contributed by atoms with E-state index in [4.69, 9.17) is 18.6 Å². The van der Waals surface area contributed by atoms with Crippen LogP contribution >= 0.6 is 0 Å². The van der Waals surface area contributed by atoms with E-state index in [1.165, 1.54) is 5.57 Å². The van der Waals surface area contributed by atoms with Gasteiger partial charge >= 0.3 is 0 Å². The topological polar surface area (TPSA) is 36.9 Å². The van der Waals surface area contributed by atoms with Gasteiger partial charge in [0.05, 0.1) is 34.0 Å². The largest absolute Gasteiger partial charge is 0.493 e. The molecule has 0 amide bonds. The highest BCUT2D eigenvalue weighted by atomic mass is 28.4. The molecule has 0 bridgehead atoms. The van der Waals surface area contributed by atoms with Crippen LogP contribution < -0.4 is 9.47 Å². The number of hydrogen-bond donors (Lipinski definition) is 0. The first-order valence-corrected chi connectivity index (χ1v) is 12.4. The van der Waals surface area contributed by atoms with Crippen LogP contribution in [0.5, 0.6) is 11.5 Å². The number of rotatable bonds is 12. The van der Waals surface area contributed by atoms with Crippen molar-refractivity contribution in [1.82, 2.24) is 0 Å². The molecule has 0 fully saturated rings. The number of allylic oxidation sites excluding steroid dienone is 1. The van der Waals surface area contributed by atoms with Crippen LogP contribution in [0.15, 0.2) is 29.8 Å². The summed E-state index contributed by atoms with van der Waals surface area (Å²) in [5.74, 6) is 1.45. The fourth-order valence-corrected chi connectivity index (χ4v) is 9.63. The van der Waals surface area contributed by atoms with Crippen LogP contribution in [0.3, 0.4) is 0 Å². The molecule has 28 heavy (non-hydrogen) atoms. The zero-order valence-corrected chi connectivity index (χ0v) is 20.3. The molecule has 0 heterocycles. The first kappa shape index (κ1) is 24.7. The zero-order chi connectivity index (χ0) is 21.3. The van der Waals surface area contributed by atoms with Crippen molar-refractivity contribution < 1.29 is 18.6 Å². The van der Waals surface area contributed by atoms with Crippen molar-refractivity contribution >= 4 is 8.32 Å². The first-order chi connectivity index (χ1) is 13.2. The average Bonchev–Trinajstić information content (AvgIpc) is 2.65. The van der Waals surface area contributed by atoms with E-state index < -0.39 is 8.32 Å². The molecule has 5 heteroatoms. The number of methoxy groups -OCH3 is 2. The highest BCUT2D eigenvalue weighted by molar-refractivity contribution is 6.77. The fourth-order valence-electron chi connectivity index (χ4n) is 4.20. The van der Waals surface area contributed by atoms with Gasteiger partial charge in [0.15, 0.2) is 11.5 Å². The van der Waals surface area contributed by atoms with Crippen LogP contribution in [0.2, 0.25) is 16.6 Å². The van der Waals surface area contributed by atoms with Gasteiger partial charge in [0.2, 0.25) is 8.32 Å². The molecule has 0 aliphatic heterocycles. The molecule has 0 saturated heterocycles. The molecule has 0 unspecified atom stereocenters. The van der Waals surface area contributed by atoms with Crippen molar-refractivity contribution in [3.8, 4) is 11.5 Å². The molecule has 0 aromatic heterocycles. The summed E-state index contributed by atoms with van der Waals surface area (Å²) < 4.78 is 23.3. The second-order valence-electron chi connectivity index (χ2n) is 8.24. The van der Waals surface area contributed by atoms with Gasteiger partial charge in [-0.3, -0.25) is 0 Å². The van der Waals surface area contributed by atoms with Gasteiger partial charge in [-0.1, -0.05) is 53.7 Å². The number of benzene rings is 1. The minimum atomic E-state index is -1.86. The quantitative estimate of drug-likeness (QED) is 0.298. The lowest BCUT2D eigenvalue weighted by Crippen LogP contribution is -2.48. The van der Waals surface area contributed by atoms with Crippen molar-refractivity contribution in [2.45, 2.75) is 71.7 Å². The second kappa shape index (κ2) is 11.6. The van der Waals surface area contributed by atoms with Gasteiger partial charge in [-0.15, -0.1) is 0 Å². The van der Waals surface area contributed by atoms with E-state index in [0.29, 0.717) is 36.4 Å². The molecule has 0 spiro atoms. The Morgan fingerprint density at radius 3 is 1.93 bits per heavy atom. The van der Waals surface area contributed by atoms with E-state index in [1.807, 2.05) is 18.2 Å². The first-order valence-electron chi connectivity index (χ1n) is 10.3. The Kier molecular flexibility index (Phi) is 10.3. The maximum Gasteiger partial charge on any atom is 0.200 e. The van der Waals surface area contributed by atoms with Gasteiger partial charge in [0.1, 0.15) is 0 Å². The molecule has 1 aromatic carbocycles. The van der Waals surface area contributed by atoms with Crippen molar-refractivity contribution in [3.05, 3.63) is 35.4 Å². The Bertz CT molecular complexity index is 601. The number of ether oxygens (including phenoxy) is 3.